The number of carbonyl (C=O) groups is 3. The topological polar surface area (TPSA) is 88.6 Å². The van der Waals surface area contributed by atoms with Gasteiger partial charge >= 0.3 is 5.97 Å². The molecule has 0 saturated heterocycles. The molecule has 0 saturated carbocycles. The summed E-state index contributed by atoms with van der Waals surface area (Å²) in [5.41, 5.74) is 4.24. The summed E-state index contributed by atoms with van der Waals surface area (Å²) in [6.07, 6.45) is 2.63. The molecule has 1 heterocycles. The fourth-order valence-corrected chi connectivity index (χ4v) is 4.59. The maximum absolute atomic E-state index is 13.2. The quantitative estimate of drug-likeness (QED) is 0.505. The number of hydrogen-bond donors (Lipinski definition) is 1. The van der Waals surface area contributed by atoms with E-state index in [0.717, 1.165) is 41.4 Å². The molecule has 0 spiro atoms. The number of ether oxygens (including phenoxy) is 1. The molecule has 0 radical (unpaired) electrons. The fraction of sp³-hybridized carbons (Fsp3) is 0.357. The van der Waals surface area contributed by atoms with Gasteiger partial charge in [-0.05, 0) is 74.9 Å². The highest BCUT2D eigenvalue weighted by Crippen LogP contribution is 2.32. The van der Waals surface area contributed by atoms with Crippen LogP contribution in [0.1, 0.15) is 59.2 Å². The second kappa shape index (κ2) is 10.7. The Balaban J connectivity index is 1.44. The van der Waals surface area contributed by atoms with Gasteiger partial charge in [0.2, 0.25) is 0 Å². The Morgan fingerprint density at radius 3 is 2.49 bits per heavy atom. The standard InChI is InChI=1S/C28H31N3O4/c1-4-31(5-2)27(33)19-11-13-20(14-12-19)29-25(32)17-35-28(34)26-21-8-6-7-9-23(21)30-24-15-10-18(3)16-22(24)26/h6-9,11-14,18H,4-5,10,15-17H2,1-3H3,(H,29,32)/t18-/m0/s1. The zero-order chi connectivity index (χ0) is 24.9. The highest BCUT2D eigenvalue weighted by molar-refractivity contribution is 6.06. The third kappa shape index (κ3) is 5.34. The Labute approximate surface area is 205 Å². The first-order valence-corrected chi connectivity index (χ1v) is 12.2. The number of aromatic nitrogens is 1. The first kappa shape index (κ1) is 24.4. The van der Waals surface area contributed by atoms with E-state index in [1.165, 1.54) is 0 Å². The van der Waals surface area contributed by atoms with Crippen molar-refractivity contribution < 1.29 is 19.1 Å². The van der Waals surface area contributed by atoms with Crippen LogP contribution in [0.4, 0.5) is 5.69 Å². The van der Waals surface area contributed by atoms with Gasteiger partial charge in [-0.15, -0.1) is 0 Å². The van der Waals surface area contributed by atoms with Crippen molar-refractivity contribution in [3.05, 3.63) is 70.9 Å². The van der Waals surface area contributed by atoms with E-state index in [9.17, 15) is 14.4 Å². The van der Waals surface area contributed by atoms with Crippen LogP contribution in [0, 0.1) is 5.92 Å². The number of benzene rings is 2. The summed E-state index contributed by atoms with van der Waals surface area (Å²) in [6.45, 7) is 6.90. The van der Waals surface area contributed by atoms with E-state index in [1.54, 1.807) is 29.2 Å². The highest BCUT2D eigenvalue weighted by Gasteiger charge is 2.26. The molecule has 7 heteroatoms. The number of pyridine rings is 1. The molecule has 0 aliphatic heterocycles. The summed E-state index contributed by atoms with van der Waals surface area (Å²) >= 11 is 0. The smallest absolute Gasteiger partial charge is 0.339 e. The minimum atomic E-state index is -0.510. The predicted molar refractivity (Wildman–Crippen MR) is 136 cm³/mol. The number of nitrogens with zero attached hydrogens (tertiary/aromatic N) is 2. The van der Waals surface area contributed by atoms with Gasteiger partial charge in [-0.1, -0.05) is 25.1 Å². The van der Waals surface area contributed by atoms with Crippen LogP contribution in [-0.4, -0.2) is 47.4 Å². The maximum Gasteiger partial charge on any atom is 0.339 e. The van der Waals surface area contributed by atoms with E-state index in [2.05, 4.69) is 12.2 Å². The van der Waals surface area contributed by atoms with Gasteiger partial charge in [-0.2, -0.15) is 0 Å². The van der Waals surface area contributed by atoms with Gasteiger partial charge in [-0.3, -0.25) is 14.6 Å². The summed E-state index contributed by atoms with van der Waals surface area (Å²) in [4.78, 5) is 44.6. The molecule has 2 aromatic carbocycles. The lowest BCUT2D eigenvalue weighted by Crippen LogP contribution is -2.30. The maximum atomic E-state index is 13.2. The van der Waals surface area contributed by atoms with Crippen LogP contribution in [0.2, 0.25) is 0 Å². The van der Waals surface area contributed by atoms with Gasteiger partial charge in [0.25, 0.3) is 11.8 Å². The number of carbonyl (C=O) groups excluding carboxylic acids is 3. The summed E-state index contributed by atoms with van der Waals surface area (Å²) in [6, 6.07) is 14.2. The van der Waals surface area contributed by atoms with E-state index >= 15 is 0 Å². The van der Waals surface area contributed by atoms with Gasteiger partial charge < -0.3 is 15.0 Å². The normalized spacial score (nSPS) is 14.8. The monoisotopic (exact) mass is 473 g/mol. The van der Waals surface area contributed by atoms with Gasteiger partial charge in [-0.25, -0.2) is 4.79 Å². The first-order valence-electron chi connectivity index (χ1n) is 12.2. The van der Waals surface area contributed by atoms with Crippen molar-refractivity contribution in [2.24, 2.45) is 5.92 Å². The van der Waals surface area contributed by atoms with E-state index in [0.29, 0.717) is 35.8 Å². The molecule has 1 N–H and O–H groups in total. The molecule has 7 nitrogen and oxygen atoms in total. The summed E-state index contributed by atoms with van der Waals surface area (Å²) < 4.78 is 5.45. The average Bonchev–Trinajstić information content (AvgIpc) is 2.87. The molecule has 182 valence electrons. The number of fused-ring (bicyclic) bond motifs is 2. The van der Waals surface area contributed by atoms with Crippen molar-refractivity contribution in [2.45, 2.75) is 40.0 Å². The molecule has 2 amide bonds. The van der Waals surface area contributed by atoms with Crippen LogP contribution >= 0.6 is 0 Å². The number of amides is 2. The summed E-state index contributed by atoms with van der Waals surface area (Å²) in [5.74, 6) is -0.549. The van der Waals surface area contributed by atoms with Crippen molar-refractivity contribution in [1.29, 1.82) is 0 Å². The van der Waals surface area contributed by atoms with E-state index < -0.39 is 18.5 Å². The third-order valence-corrected chi connectivity index (χ3v) is 6.51. The molecular weight excluding hydrogens is 442 g/mol. The van der Waals surface area contributed by atoms with Crippen molar-refractivity contribution in [3.8, 4) is 0 Å². The van der Waals surface area contributed by atoms with Crippen LogP contribution in [0.25, 0.3) is 10.9 Å². The highest BCUT2D eigenvalue weighted by atomic mass is 16.5. The predicted octanol–water partition coefficient (Wildman–Crippen LogP) is 4.64. The molecule has 1 aromatic heterocycles. The summed E-state index contributed by atoms with van der Waals surface area (Å²) in [5, 5.41) is 3.47. The third-order valence-electron chi connectivity index (χ3n) is 6.51. The van der Waals surface area contributed by atoms with E-state index in [-0.39, 0.29) is 5.91 Å². The van der Waals surface area contributed by atoms with Crippen molar-refractivity contribution in [1.82, 2.24) is 9.88 Å². The molecule has 4 rings (SSSR count). The lowest BCUT2D eigenvalue weighted by Gasteiger charge is -2.24. The number of nitrogens with one attached hydrogen (secondary N) is 1. The van der Waals surface area contributed by atoms with E-state index in [4.69, 9.17) is 9.72 Å². The van der Waals surface area contributed by atoms with Crippen molar-refractivity contribution in [2.75, 3.05) is 25.0 Å². The number of para-hydroxylation sites is 1. The number of hydrogen-bond acceptors (Lipinski definition) is 5. The molecule has 3 aromatic rings. The Hall–Kier alpha value is -3.74. The largest absolute Gasteiger partial charge is 0.452 e. The zero-order valence-corrected chi connectivity index (χ0v) is 20.5. The lowest BCUT2D eigenvalue weighted by atomic mass is 9.84. The lowest BCUT2D eigenvalue weighted by molar-refractivity contribution is -0.119. The van der Waals surface area contributed by atoms with Gasteiger partial charge in [0.15, 0.2) is 6.61 Å². The average molecular weight is 474 g/mol. The molecule has 0 bridgehead atoms. The van der Waals surface area contributed by atoms with Crippen LogP contribution in [0.5, 0.6) is 0 Å². The Morgan fingerprint density at radius 1 is 1.06 bits per heavy atom. The minimum absolute atomic E-state index is 0.0518. The van der Waals surface area contributed by atoms with Crippen LogP contribution in [0.3, 0.4) is 0 Å². The van der Waals surface area contributed by atoms with Crippen molar-refractivity contribution >= 4 is 34.4 Å². The van der Waals surface area contributed by atoms with Gasteiger partial charge in [0, 0.05) is 35.4 Å². The second-order valence-electron chi connectivity index (χ2n) is 8.96. The number of anilines is 1. The minimum Gasteiger partial charge on any atom is -0.452 e. The van der Waals surface area contributed by atoms with Crippen LogP contribution in [0.15, 0.2) is 48.5 Å². The Bertz CT molecular complexity index is 1250. The van der Waals surface area contributed by atoms with Crippen molar-refractivity contribution in [3.63, 3.8) is 0 Å². The number of esters is 1. The number of rotatable bonds is 7. The SMILES string of the molecule is CCN(CC)C(=O)c1ccc(NC(=O)COC(=O)c2c3c(nc4ccccc24)CC[C@H](C)C3)cc1. The Morgan fingerprint density at radius 2 is 1.77 bits per heavy atom. The molecule has 0 unspecified atom stereocenters. The fourth-order valence-electron chi connectivity index (χ4n) is 4.59. The van der Waals surface area contributed by atoms with Gasteiger partial charge in [0.05, 0.1) is 11.1 Å². The molecule has 1 aliphatic carbocycles. The van der Waals surface area contributed by atoms with Crippen LogP contribution in [-0.2, 0) is 22.4 Å². The van der Waals surface area contributed by atoms with Crippen LogP contribution < -0.4 is 5.32 Å². The second-order valence-corrected chi connectivity index (χ2v) is 8.96. The molecule has 1 atom stereocenters. The molecule has 0 fully saturated rings. The number of aryl methyl sites for hydroxylation is 1. The molecule has 1 aliphatic rings. The zero-order valence-electron chi connectivity index (χ0n) is 20.5. The first-order chi connectivity index (χ1) is 16.9. The summed E-state index contributed by atoms with van der Waals surface area (Å²) in [7, 11) is 0. The van der Waals surface area contributed by atoms with Gasteiger partial charge in [0.1, 0.15) is 0 Å². The molecular formula is C28H31N3O4. The Kier molecular flexibility index (Phi) is 7.44. The molecule has 35 heavy (non-hydrogen) atoms. The van der Waals surface area contributed by atoms with E-state index in [1.807, 2.05) is 38.1 Å².